The van der Waals surface area contributed by atoms with Gasteiger partial charge >= 0.3 is 5.97 Å². The Hall–Kier alpha value is -3.02. The Morgan fingerprint density at radius 3 is 2.42 bits per heavy atom. The number of esters is 1. The van der Waals surface area contributed by atoms with Gasteiger partial charge in [0.2, 0.25) is 11.4 Å². The summed E-state index contributed by atoms with van der Waals surface area (Å²) >= 11 is 0. The normalized spacial score (nSPS) is 18.3. The molecule has 162 valence electrons. The zero-order chi connectivity index (χ0) is 21.6. The van der Waals surface area contributed by atoms with Crippen molar-refractivity contribution in [2.75, 3.05) is 20.8 Å². The van der Waals surface area contributed by atoms with Crippen LogP contribution < -0.4 is 14.2 Å². The molecule has 2 aromatic carbocycles. The Morgan fingerprint density at radius 2 is 1.74 bits per heavy atom. The molecular formula is C25H26O6. The summed E-state index contributed by atoms with van der Waals surface area (Å²) in [7, 11) is 3.12. The van der Waals surface area contributed by atoms with Crippen molar-refractivity contribution in [2.45, 2.75) is 44.1 Å². The molecule has 2 saturated carbocycles. The smallest absolute Gasteiger partial charge is 0.350 e. The van der Waals surface area contributed by atoms with Crippen LogP contribution in [0, 0.1) is 5.92 Å². The molecule has 0 aromatic heterocycles. The molecule has 0 heterocycles. The maximum Gasteiger partial charge on any atom is 0.350 e. The standard InChI is InChI=1S/C25H26O6/c1-28-21-11-9-19(16-4-3-5-18-17(16)8-10-20(18)26)22(23(21)29-2)31-25(12-13-25)24(27)30-14-15-6-7-15/h3-5,9,11,15H,6-8,10,12-14H2,1-2H3. The van der Waals surface area contributed by atoms with E-state index in [1.165, 1.54) is 0 Å². The van der Waals surface area contributed by atoms with Crippen molar-refractivity contribution in [3.63, 3.8) is 0 Å². The molecule has 2 aromatic rings. The molecule has 0 bridgehead atoms. The third-order valence-corrected chi connectivity index (χ3v) is 6.39. The number of ketones is 1. The number of fused-ring (bicyclic) bond motifs is 1. The predicted molar refractivity (Wildman–Crippen MR) is 114 cm³/mol. The highest BCUT2D eigenvalue weighted by Gasteiger charge is 2.55. The average Bonchev–Trinajstić information content (AvgIpc) is 3.72. The van der Waals surface area contributed by atoms with Gasteiger partial charge in [-0.2, -0.15) is 0 Å². The van der Waals surface area contributed by atoms with Gasteiger partial charge in [0.25, 0.3) is 0 Å². The highest BCUT2D eigenvalue weighted by Crippen LogP contribution is 2.51. The van der Waals surface area contributed by atoms with Gasteiger partial charge in [0.1, 0.15) is 0 Å². The molecule has 0 radical (unpaired) electrons. The minimum atomic E-state index is -0.989. The van der Waals surface area contributed by atoms with E-state index in [1.54, 1.807) is 14.2 Å². The van der Waals surface area contributed by atoms with Gasteiger partial charge in [0.15, 0.2) is 17.3 Å². The predicted octanol–water partition coefficient (Wildman–Crippen LogP) is 4.36. The monoisotopic (exact) mass is 422 g/mol. The molecule has 0 amide bonds. The van der Waals surface area contributed by atoms with Crippen LogP contribution in [0.3, 0.4) is 0 Å². The second kappa shape index (κ2) is 7.59. The Labute approximate surface area is 181 Å². The molecule has 5 rings (SSSR count). The fourth-order valence-electron chi connectivity index (χ4n) is 4.22. The number of ether oxygens (including phenoxy) is 4. The van der Waals surface area contributed by atoms with E-state index >= 15 is 0 Å². The second-order valence-corrected chi connectivity index (χ2v) is 8.57. The van der Waals surface area contributed by atoms with Gasteiger partial charge in [-0.25, -0.2) is 4.79 Å². The van der Waals surface area contributed by atoms with E-state index in [0.717, 1.165) is 35.1 Å². The van der Waals surface area contributed by atoms with Crippen LogP contribution in [0.1, 0.15) is 48.0 Å². The first-order chi connectivity index (χ1) is 15.1. The summed E-state index contributed by atoms with van der Waals surface area (Å²) in [5, 5.41) is 0. The fourth-order valence-corrected chi connectivity index (χ4v) is 4.22. The van der Waals surface area contributed by atoms with Crippen molar-refractivity contribution in [1.82, 2.24) is 0 Å². The van der Waals surface area contributed by atoms with Crippen LogP contribution in [0.5, 0.6) is 17.2 Å². The van der Waals surface area contributed by atoms with Gasteiger partial charge in [0, 0.05) is 30.4 Å². The van der Waals surface area contributed by atoms with Gasteiger partial charge in [-0.15, -0.1) is 0 Å². The van der Waals surface area contributed by atoms with Crippen LogP contribution in [-0.2, 0) is 16.0 Å². The van der Waals surface area contributed by atoms with E-state index in [4.69, 9.17) is 18.9 Å². The molecule has 3 aliphatic carbocycles. The van der Waals surface area contributed by atoms with E-state index in [9.17, 15) is 9.59 Å². The van der Waals surface area contributed by atoms with Crippen molar-refractivity contribution in [3.05, 3.63) is 41.5 Å². The Morgan fingerprint density at radius 1 is 0.968 bits per heavy atom. The van der Waals surface area contributed by atoms with Gasteiger partial charge in [-0.05, 0) is 48.4 Å². The number of methoxy groups -OCH3 is 2. The number of hydrogen-bond donors (Lipinski definition) is 0. The first-order valence-corrected chi connectivity index (χ1v) is 10.8. The van der Waals surface area contributed by atoms with Crippen LogP contribution in [0.15, 0.2) is 30.3 Å². The largest absolute Gasteiger partial charge is 0.493 e. The fraction of sp³-hybridized carbons (Fsp3) is 0.440. The third-order valence-electron chi connectivity index (χ3n) is 6.39. The average molecular weight is 422 g/mol. The minimum absolute atomic E-state index is 0.155. The molecule has 0 N–H and O–H groups in total. The highest BCUT2D eigenvalue weighted by molar-refractivity contribution is 6.02. The van der Waals surface area contributed by atoms with Gasteiger partial charge in [-0.3, -0.25) is 4.79 Å². The van der Waals surface area contributed by atoms with Crippen LogP contribution in [-0.4, -0.2) is 38.2 Å². The SMILES string of the molecule is COc1ccc(-c2cccc3c2CCC3=O)c(OC2(C(=O)OCC3CC3)CC2)c1OC. The van der Waals surface area contributed by atoms with Crippen molar-refractivity contribution >= 4 is 11.8 Å². The van der Waals surface area contributed by atoms with Crippen molar-refractivity contribution in [1.29, 1.82) is 0 Å². The minimum Gasteiger partial charge on any atom is -0.493 e. The molecule has 0 spiro atoms. The lowest BCUT2D eigenvalue weighted by Gasteiger charge is -2.23. The quantitative estimate of drug-likeness (QED) is 0.589. The van der Waals surface area contributed by atoms with E-state index < -0.39 is 5.60 Å². The number of rotatable bonds is 8. The van der Waals surface area contributed by atoms with E-state index in [1.807, 2.05) is 30.3 Å². The summed E-state index contributed by atoms with van der Waals surface area (Å²) in [5.74, 6) is 1.74. The molecule has 2 fully saturated rings. The van der Waals surface area contributed by atoms with E-state index in [-0.39, 0.29) is 11.8 Å². The summed E-state index contributed by atoms with van der Waals surface area (Å²) in [6.07, 6.45) is 4.63. The zero-order valence-electron chi connectivity index (χ0n) is 17.9. The summed E-state index contributed by atoms with van der Waals surface area (Å²) in [5.41, 5.74) is 2.47. The zero-order valence-corrected chi connectivity index (χ0v) is 17.9. The van der Waals surface area contributed by atoms with E-state index in [2.05, 4.69) is 0 Å². The summed E-state index contributed by atoms with van der Waals surface area (Å²) < 4.78 is 23.1. The van der Waals surface area contributed by atoms with Crippen molar-refractivity contribution in [2.24, 2.45) is 5.92 Å². The Bertz CT molecular complexity index is 1050. The maximum absolute atomic E-state index is 12.8. The van der Waals surface area contributed by atoms with Crippen LogP contribution in [0.4, 0.5) is 0 Å². The lowest BCUT2D eigenvalue weighted by atomic mass is 9.95. The van der Waals surface area contributed by atoms with Gasteiger partial charge < -0.3 is 18.9 Å². The summed E-state index contributed by atoms with van der Waals surface area (Å²) in [6.45, 7) is 0.459. The first-order valence-electron chi connectivity index (χ1n) is 10.8. The number of benzene rings is 2. The van der Waals surface area contributed by atoms with Crippen LogP contribution >= 0.6 is 0 Å². The number of carbonyl (C=O) groups is 2. The molecule has 0 atom stereocenters. The van der Waals surface area contributed by atoms with Crippen molar-refractivity contribution < 1.29 is 28.5 Å². The second-order valence-electron chi connectivity index (χ2n) is 8.57. The number of carbonyl (C=O) groups excluding carboxylic acids is 2. The Kier molecular flexibility index (Phi) is 4.88. The van der Waals surface area contributed by atoms with Crippen LogP contribution in [0.2, 0.25) is 0 Å². The molecule has 3 aliphatic rings. The number of hydrogen-bond acceptors (Lipinski definition) is 6. The van der Waals surface area contributed by atoms with E-state index in [0.29, 0.717) is 55.5 Å². The maximum atomic E-state index is 12.8. The highest BCUT2D eigenvalue weighted by atomic mass is 16.6. The first kappa shape index (κ1) is 19.9. The summed E-state index contributed by atoms with van der Waals surface area (Å²) in [6, 6.07) is 9.46. The summed E-state index contributed by atoms with van der Waals surface area (Å²) in [4.78, 5) is 25.1. The molecular weight excluding hydrogens is 396 g/mol. The lowest BCUT2D eigenvalue weighted by molar-refractivity contribution is -0.154. The van der Waals surface area contributed by atoms with Gasteiger partial charge in [0.05, 0.1) is 20.8 Å². The van der Waals surface area contributed by atoms with Crippen molar-refractivity contribution in [3.8, 4) is 28.4 Å². The molecule has 0 aliphatic heterocycles. The Balaban J connectivity index is 1.56. The topological polar surface area (TPSA) is 71.1 Å². The lowest BCUT2D eigenvalue weighted by Crippen LogP contribution is -2.32. The molecule has 0 saturated heterocycles. The molecule has 31 heavy (non-hydrogen) atoms. The molecule has 0 unspecified atom stereocenters. The molecule has 6 heteroatoms. The van der Waals surface area contributed by atoms with Gasteiger partial charge in [-0.1, -0.05) is 18.2 Å². The molecule has 6 nitrogen and oxygen atoms in total. The number of Topliss-reactive ketones (excluding diaryl/α,β-unsaturated/α-hetero) is 1. The van der Waals surface area contributed by atoms with Crippen LogP contribution in [0.25, 0.3) is 11.1 Å². The third kappa shape index (κ3) is 3.54.